The highest BCUT2D eigenvalue weighted by atomic mass is 19.1. The van der Waals surface area contributed by atoms with E-state index in [9.17, 15) is 4.39 Å². The van der Waals surface area contributed by atoms with Crippen LogP contribution in [0.2, 0.25) is 0 Å². The predicted molar refractivity (Wildman–Crippen MR) is 274 cm³/mol. The average molecular weight is 869 g/mol. The fourth-order valence-electron chi connectivity index (χ4n) is 9.46. The maximum Gasteiger partial charge on any atom is 0.137 e. The van der Waals surface area contributed by atoms with E-state index in [-0.39, 0.29) is 22.1 Å². The molecule has 0 N–H and O–H groups in total. The molecule has 0 bridgehead atoms. The molecule has 1 aliphatic heterocycles. The molecule has 0 fully saturated rings. The average Bonchev–Trinajstić information content (AvgIpc) is 3.84. The van der Waals surface area contributed by atoms with Gasteiger partial charge in [-0.1, -0.05) is 147 Å². The van der Waals surface area contributed by atoms with Gasteiger partial charge in [0.1, 0.15) is 29.8 Å². The molecule has 0 unspecified atom stereocenters. The van der Waals surface area contributed by atoms with Crippen molar-refractivity contribution >= 4 is 44.6 Å². The van der Waals surface area contributed by atoms with Crippen molar-refractivity contribution in [2.24, 2.45) is 0 Å². The second-order valence-electron chi connectivity index (χ2n) is 20.8. The van der Waals surface area contributed by atoms with Gasteiger partial charge in [-0.15, -0.1) is 0 Å². The van der Waals surface area contributed by atoms with Crippen LogP contribution in [0.15, 0.2) is 170 Å². The van der Waals surface area contributed by atoms with Crippen LogP contribution in [0.3, 0.4) is 0 Å². The van der Waals surface area contributed by atoms with Crippen molar-refractivity contribution in [1.82, 2.24) is 9.55 Å². The van der Waals surface area contributed by atoms with Gasteiger partial charge in [0.25, 0.3) is 0 Å². The molecule has 1 aliphatic rings. The van der Waals surface area contributed by atoms with E-state index in [1.165, 1.54) is 16.7 Å². The lowest BCUT2D eigenvalue weighted by Crippen LogP contribution is -2.27. The molecule has 0 radical (unpaired) electrons. The van der Waals surface area contributed by atoms with Crippen LogP contribution in [0.4, 0.5) is 27.1 Å². The Kier molecular flexibility index (Phi) is 10.4. The summed E-state index contributed by atoms with van der Waals surface area (Å²) in [4.78, 5) is 9.73. The predicted octanol–water partition coefficient (Wildman–Crippen LogP) is 16.6. The van der Waals surface area contributed by atoms with E-state index in [0.29, 0.717) is 6.67 Å². The molecule has 6 heteroatoms. The van der Waals surface area contributed by atoms with Crippen molar-refractivity contribution in [3.63, 3.8) is 0 Å². The number of hydrogen-bond donors (Lipinski definition) is 0. The summed E-state index contributed by atoms with van der Waals surface area (Å²) < 4.78 is 23.6. The van der Waals surface area contributed by atoms with Crippen LogP contribution < -0.4 is 14.5 Å². The maximum absolute atomic E-state index is 14.3. The Morgan fingerprint density at radius 1 is 0.500 bits per heavy atom. The summed E-state index contributed by atoms with van der Waals surface area (Å²) >= 11 is 0. The number of hydrogen-bond acceptors (Lipinski definition) is 4. The highest BCUT2D eigenvalue weighted by Crippen LogP contribution is 2.51. The number of benzene rings is 7. The molecule has 0 saturated carbocycles. The Morgan fingerprint density at radius 2 is 1.17 bits per heavy atom. The third-order valence-corrected chi connectivity index (χ3v) is 13.0. The monoisotopic (exact) mass is 868 g/mol. The van der Waals surface area contributed by atoms with Crippen LogP contribution >= 0.6 is 0 Å². The lowest BCUT2D eigenvalue weighted by molar-refractivity contribution is 0.483. The quantitative estimate of drug-likeness (QED) is 0.160. The highest BCUT2D eigenvalue weighted by molar-refractivity contribution is 6.09. The molecule has 0 amide bonds. The molecule has 0 spiro atoms. The number of aromatic nitrogens is 2. The molecule has 9 aromatic rings. The van der Waals surface area contributed by atoms with Gasteiger partial charge in [0.05, 0.1) is 28.1 Å². The number of fused-ring (bicyclic) bond motifs is 4. The standard InChI is InChI=1S/C60H57FN4O/c1-58(2,3)42-25-21-39(22-26-42)41-33-45(63-38-64(54-20-13-12-19-53(54)63)57-48(40-23-27-44(61)28-24-40)16-14-17-51(57)60(7,8)9)36-47(34-41)66-46-29-30-50-49-15-10-11-18-52(49)65(55(50)37-46)56-35-43(31-32-62-56)59(4,5)6/h10-37H,38H2,1-9H3. The molecule has 2 aromatic heterocycles. The molecule has 5 nitrogen and oxygen atoms in total. The van der Waals surface area contributed by atoms with E-state index in [0.717, 1.165) is 84.1 Å². The minimum atomic E-state index is -0.249. The summed E-state index contributed by atoms with van der Waals surface area (Å²) in [6, 6.07) is 56.8. The molecule has 0 atom stereocenters. The van der Waals surface area contributed by atoms with E-state index in [2.05, 4.69) is 216 Å². The first-order chi connectivity index (χ1) is 31.5. The lowest BCUT2D eigenvalue weighted by atomic mass is 9.83. The van der Waals surface area contributed by atoms with Crippen LogP contribution in [0.25, 0.3) is 49.9 Å². The number of para-hydroxylation sites is 4. The second-order valence-corrected chi connectivity index (χ2v) is 20.8. The van der Waals surface area contributed by atoms with Gasteiger partial charge in [0, 0.05) is 40.4 Å². The number of rotatable bonds is 7. The molecule has 3 heterocycles. The number of anilines is 4. The Labute approximate surface area is 388 Å². The Morgan fingerprint density at radius 3 is 1.88 bits per heavy atom. The molecule has 7 aromatic carbocycles. The van der Waals surface area contributed by atoms with Gasteiger partial charge in [-0.25, -0.2) is 9.37 Å². The van der Waals surface area contributed by atoms with Crippen LogP contribution in [0.5, 0.6) is 11.5 Å². The minimum Gasteiger partial charge on any atom is -0.457 e. The molecular weight excluding hydrogens is 812 g/mol. The fourth-order valence-corrected chi connectivity index (χ4v) is 9.46. The molecule has 330 valence electrons. The second kappa shape index (κ2) is 16.1. The normalized spacial score (nSPS) is 13.2. The van der Waals surface area contributed by atoms with Crippen molar-refractivity contribution in [2.75, 3.05) is 16.5 Å². The molecule has 0 aliphatic carbocycles. The minimum absolute atomic E-state index is 0.0260. The largest absolute Gasteiger partial charge is 0.457 e. The van der Waals surface area contributed by atoms with Crippen LogP contribution in [-0.2, 0) is 16.2 Å². The first kappa shape index (κ1) is 42.8. The zero-order valence-electron chi connectivity index (χ0n) is 39.4. The number of halogens is 1. The van der Waals surface area contributed by atoms with Gasteiger partial charge in [0.15, 0.2) is 0 Å². The van der Waals surface area contributed by atoms with Crippen molar-refractivity contribution in [3.8, 4) is 39.6 Å². The topological polar surface area (TPSA) is 33.5 Å². The van der Waals surface area contributed by atoms with Crippen molar-refractivity contribution in [3.05, 3.63) is 192 Å². The summed E-state index contributed by atoms with van der Waals surface area (Å²) in [7, 11) is 0. The van der Waals surface area contributed by atoms with E-state index in [1.54, 1.807) is 12.1 Å². The number of pyridine rings is 1. The first-order valence-corrected chi connectivity index (χ1v) is 23.0. The summed E-state index contributed by atoms with van der Waals surface area (Å²) in [5.41, 5.74) is 14.2. The Bertz CT molecular complexity index is 3270. The van der Waals surface area contributed by atoms with E-state index >= 15 is 0 Å². The van der Waals surface area contributed by atoms with E-state index in [4.69, 9.17) is 9.72 Å². The van der Waals surface area contributed by atoms with Gasteiger partial charge >= 0.3 is 0 Å². The zero-order valence-corrected chi connectivity index (χ0v) is 39.4. The Balaban J connectivity index is 1.11. The zero-order chi connectivity index (χ0) is 46.1. The SMILES string of the molecule is CC(C)(C)c1ccc(-c2cc(Oc3ccc4c5ccccc5n(-c5cc(C(C)(C)C)ccn5)c4c3)cc(N3CN(c4c(-c5ccc(F)cc5)cccc4C(C)(C)C)c4ccccc43)c2)cc1. The van der Waals surface area contributed by atoms with Gasteiger partial charge in [-0.05, 0) is 116 Å². The van der Waals surface area contributed by atoms with Crippen LogP contribution in [-0.4, -0.2) is 16.2 Å². The van der Waals surface area contributed by atoms with Gasteiger partial charge in [-0.2, -0.15) is 0 Å². The van der Waals surface area contributed by atoms with Crippen LogP contribution in [0.1, 0.15) is 79.0 Å². The third kappa shape index (κ3) is 7.89. The lowest BCUT2D eigenvalue weighted by Gasteiger charge is -2.32. The summed E-state index contributed by atoms with van der Waals surface area (Å²) in [5, 5.41) is 2.30. The van der Waals surface area contributed by atoms with Crippen LogP contribution in [0, 0.1) is 5.82 Å². The highest BCUT2D eigenvalue weighted by Gasteiger charge is 2.34. The van der Waals surface area contributed by atoms with Gasteiger partial charge < -0.3 is 14.5 Å². The fraction of sp³-hybridized carbons (Fsp3) is 0.217. The number of nitrogens with zero attached hydrogens (tertiary/aromatic N) is 4. The summed E-state index contributed by atoms with van der Waals surface area (Å²) in [6.45, 7) is 20.8. The summed E-state index contributed by atoms with van der Waals surface area (Å²) in [5.74, 6) is 2.09. The van der Waals surface area contributed by atoms with E-state index < -0.39 is 0 Å². The van der Waals surface area contributed by atoms with Crippen molar-refractivity contribution in [1.29, 1.82) is 0 Å². The van der Waals surface area contributed by atoms with Crippen molar-refractivity contribution in [2.45, 2.75) is 78.6 Å². The molecular formula is C60H57FN4O. The van der Waals surface area contributed by atoms with Gasteiger partial charge in [0.2, 0.25) is 0 Å². The van der Waals surface area contributed by atoms with Crippen molar-refractivity contribution < 1.29 is 9.13 Å². The third-order valence-electron chi connectivity index (χ3n) is 13.0. The summed E-state index contributed by atoms with van der Waals surface area (Å²) in [6.07, 6.45) is 1.92. The molecule has 0 saturated heterocycles. The maximum atomic E-state index is 14.3. The Hall–Kier alpha value is -7.18. The van der Waals surface area contributed by atoms with Gasteiger partial charge in [-0.3, -0.25) is 4.57 Å². The molecule has 10 rings (SSSR count). The smallest absolute Gasteiger partial charge is 0.137 e. The first-order valence-electron chi connectivity index (χ1n) is 23.0. The van der Waals surface area contributed by atoms with E-state index in [1.807, 2.05) is 18.3 Å². The molecule has 66 heavy (non-hydrogen) atoms. The number of ether oxygens (including phenoxy) is 1.